The van der Waals surface area contributed by atoms with Gasteiger partial charge in [0.15, 0.2) is 6.04 Å². The van der Waals surface area contributed by atoms with Crippen molar-refractivity contribution in [2.45, 2.75) is 19.5 Å². The third kappa shape index (κ3) is 4.67. The van der Waals surface area contributed by atoms with Crippen LogP contribution in [-0.2, 0) is 16.1 Å². The van der Waals surface area contributed by atoms with Crippen molar-refractivity contribution in [3.05, 3.63) is 71.3 Å². The maximum absolute atomic E-state index is 12.3. The number of hydrogen-bond acceptors (Lipinski definition) is 3. The summed E-state index contributed by atoms with van der Waals surface area (Å²) in [7, 11) is 0. The zero-order valence-electron chi connectivity index (χ0n) is 13.2. The highest BCUT2D eigenvalue weighted by molar-refractivity contribution is 5.96. The number of hydrogen-bond donors (Lipinski definition) is 3. The molecule has 0 saturated carbocycles. The first-order chi connectivity index (χ1) is 11.5. The first-order valence-corrected chi connectivity index (χ1v) is 7.39. The zero-order valence-corrected chi connectivity index (χ0v) is 13.2. The van der Waals surface area contributed by atoms with Gasteiger partial charge in [0.05, 0.1) is 0 Å². The van der Waals surface area contributed by atoms with Crippen molar-refractivity contribution in [3.63, 3.8) is 0 Å². The number of nitrogens with one attached hydrogen (secondary N) is 2. The minimum Gasteiger partial charge on any atom is -0.479 e. The Kier molecular flexibility index (Phi) is 5.68. The molecule has 6 heteroatoms. The van der Waals surface area contributed by atoms with Crippen LogP contribution in [-0.4, -0.2) is 22.9 Å². The minimum absolute atomic E-state index is 0.135. The lowest BCUT2D eigenvalue weighted by Gasteiger charge is -2.15. The fourth-order valence-electron chi connectivity index (χ4n) is 2.15. The Labute approximate surface area is 139 Å². The molecule has 0 aromatic heterocycles. The SMILES string of the molecule is CC(=O)NCc1ccc(C(=O)NC(C(=O)O)c2ccccc2)cc1. The molecule has 0 aliphatic rings. The van der Waals surface area contributed by atoms with Crippen LogP contribution in [0, 0.1) is 0 Å². The smallest absolute Gasteiger partial charge is 0.330 e. The van der Waals surface area contributed by atoms with Gasteiger partial charge in [-0.2, -0.15) is 0 Å². The van der Waals surface area contributed by atoms with Crippen LogP contribution in [0.2, 0.25) is 0 Å². The number of carbonyl (C=O) groups excluding carboxylic acids is 2. The summed E-state index contributed by atoms with van der Waals surface area (Å²) in [4.78, 5) is 34.6. The monoisotopic (exact) mass is 326 g/mol. The highest BCUT2D eigenvalue weighted by atomic mass is 16.4. The van der Waals surface area contributed by atoms with Gasteiger partial charge in [-0.25, -0.2) is 4.79 Å². The lowest BCUT2D eigenvalue weighted by atomic mass is 10.1. The molecule has 1 atom stereocenters. The van der Waals surface area contributed by atoms with E-state index in [1.807, 2.05) is 0 Å². The van der Waals surface area contributed by atoms with Gasteiger partial charge in [0.25, 0.3) is 5.91 Å². The third-order valence-corrected chi connectivity index (χ3v) is 3.41. The van der Waals surface area contributed by atoms with Crippen LogP contribution in [0.5, 0.6) is 0 Å². The first kappa shape index (κ1) is 17.2. The summed E-state index contributed by atoms with van der Waals surface area (Å²) in [6.07, 6.45) is 0. The topological polar surface area (TPSA) is 95.5 Å². The van der Waals surface area contributed by atoms with Crippen molar-refractivity contribution in [1.29, 1.82) is 0 Å². The van der Waals surface area contributed by atoms with Gasteiger partial charge in [0.1, 0.15) is 0 Å². The molecule has 24 heavy (non-hydrogen) atoms. The summed E-state index contributed by atoms with van der Waals surface area (Å²) in [6.45, 7) is 1.80. The Balaban J connectivity index is 2.07. The average molecular weight is 326 g/mol. The molecule has 1 unspecified atom stereocenters. The Morgan fingerprint density at radius 1 is 1.00 bits per heavy atom. The quantitative estimate of drug-likeness (QED) is 0.755. The molecule has 2 amide bonds. The van der Waals surface area contributed by atoms with Crippen molar-refractivity contribution < 1.29 is 19.5 Å². The molecule has 0 aliphatic carbocycles. The lowest BCUT2D eigenvalue weighted by molar-refractivity contribution is -0.139. The number of amides is 2. The van der Waals surface area contributed by atoms with E-state index in [2.05, 4.69) is 10.6 Å². The maximum atomic E-state index is 12.3. The molecular formula is C18H18N2O4. The van der Waals surface area contributed by atoms with E-state index in [1.54, 1.807) is 54.6 Å². The van der Waals surface area contributed by atoms with Gasteiger partial charge < -0.3 is 15.7 Å². The molecular weight excluding hydrogens is 308 g/mol. The van der Waals surface area contributed by atoms with Gasteiger partial charge in [-0.05, 0) is 23.3 Å². The molecule has 2 rings (SSSR count). The van der Waals surface area contributed by atoms with Crippen molar-refractivity contribution >= 4 is 17.8 Å². The molecule has 0 saturated heterocycles. The van der Waals surface area contributed by atoms with Gasteiger partial charge in [-0.3, -0.25) is 9.59 Å². The van der Waals surface area contributed by atoms with Gasteiger partial charge in [-0.15, -0.1) is 0 Å². The lowest BCUT2D eigenvalue weighted by Crippen LogP contribution is -2.33. The Hall–Kier alpha value is -3.15. The van der Waals surface area contributed by atoms with E-state index in [0.717, 1.165) is 5.56 Å². The second kappa shape index (κ2) is 7.92. The summed E-state index contributed by atoms with van der Waals surface area (Å²) >= 11 is 0. The van der Waals surface area contributed by atoms with Gasteiger partial charge in [0.2, 0.25) is 5.91 Å². The van der Waals surface area contributed by atoms with Crippen LogP contribution < -0.4 is 10.6 Å². The summed E-state index contributed by atoms with van der Waals surface area (Å²) < 4.78 is 0. The molecule has 124 valence electrons. The fraction of sp³-hybridized carbons (Fsp3) is 0.167. The molecule has 2 aromatic rings. The molecule has 0 spiro atoms. The molecule has 0 fully saturated rings. The molecule has 0 aliphatic heterocycles. The molecule has 3 N–H and O–H groups in total. The highest BCUT2D eigenvalue weighted by Gasteiger charge is 2.22. The highest BCUT2D eigenvalue weighted by Crippen LogP contribution is 2.14. The van der Waals surface area contributed by atoms with E-state index in [-0.39, 0.29) is 5.91 Å². The van der Waals surface area contributed by atoms with E-state index >= 15 is 0 Å². The van der Waals surface area contributed by atoms with E-state index in [0.29, 0.717) is 17.7 Å². The normalized spacial score (nSPS) is 11.4. The van der Waals surface area contributed by atoms with Crippen LogP contribution in [0.15, 0.2) is 54.6 Å². The van der Waals surface area contributed by atoms with Crippen LogP contribution in [0.1, 0.15) is 34.5 Å². The first-order valence-electron chi connectivity index (χ1n) is 7.39. The Bertz CT molecular complexity index is 726. The number of benzene rings is 2. The predicted molar refractivity (Wildman–Crippen MR) is 88.2 cm³/mol. The summed E-state index contributed by atoms with van der Waals surface area (Å²) in [5.41, 5.74) is 1.70. The third-order valence-electron chi connectivity index (χ3n) is 3.41. The van der Waals surface area contributed by atoms with Crippen molar-refractivity contribution in [2.75, 3.05) is 0 Å². The number of carbonyl (C=O) groups is 3. The standard InChI is InChI=1S/C18H18N2O4/c1-12(21)19-11-13-7-9-15(10-8-13)17(22)20-16(18(23)24)14-5-3-2-4-6-14/h2-10,16H,11H2,1H3,(H,19,21)(H,20,22)(H,23,24). The largest absolute Gasteiger partial charge is 0.479 e. The molecule has 0 radical (unpaired) electrons. The fourth-order valence-corrected chi connectivity index (χ4v) is 2.15. The number of aliphatic carboxylic acids is 1. The van der Waals surface area contributed by atoms with Crippen molar-refractivity contribution in [3.8, 4) is 0 Å². The maximum Gasteiger partial charge on any atom is 0.330 e. The van der Waals surface area contributed by atoms with Crippen LogP contribution in [0.25, 0.3) is 0 Å². The predicted octanol–water partition coefficient (Wildman–Crippen LogP) is 1.88. The molecule has 0 heterocycles. The van der Waals surface area contributed by atoms with Crippen LogP contribution in [0.3, 0.4) is 0 Å². The minimum atomic E-state index is -1.13. The van der Waals surface area contributed by atoms with Crippen LogP contribution in [0.4, 0.5) is 0 Å². The zero-order chi connectivity index (χ0) is 17.5. The van der Waals surface area contributed by atoms with Gasteiger partial charge in [0, 0.05) is 19.0 Å². The molecule has 0 bridgehead atoms. The Morgan fingerprint density at radius 3 is 2.17 bits per heavy atom. The van der Waals surface area contributed by atoms with E-state index in [9.17, 15) is 19.5 Å². The second-order valence-electron chi connectivity index (χ2n) is 5.26. The number of rotatable bonds is 6. The number of carboxylic acid groups (broad SMARTS) is 1. The van der Waals surface area contributed by atoms with E-state index in [1.165, 1.54) is 6.92 Å². The summed E-state index contributed by atoms with van der Waals surface area (Å²) in [6, 6.07) is 14.0. The molecule has 6 nitrogen and oxygen atoms in total. The van der Waals surface area contributed by atoms with E-state index < -0.39 is 17.9 Å². The van der Waals surface area contributed by atoms with Crippen molar-refractivity contribution in [1.82, 2.24) is 10.6 Å². The molecule has 2 aromatic carbocycles. The van der Waals surface area contributed by atoms with E-state index in [4.69, 9.17) is 0 Å². The number of carboxylic acids is 1. The van der Waals surface area contributed by atoms with Crippen LogP contribution >= 0.6 is 0 Å². The Morgan fingerprint density at radius 2 is 1.62 bits per heavy atom. The summed E-state index contributed by atoms with van der Waals surface area (Å²) in [5, 5.41) is 14.5. The van der Waals surface area contributed by atoms with Gasteiger partial charge in [-0.1, -0.05) is 42.5 Å². The second-order valence-corrected chi connectivity index (χ2v) is 5.26. The van der Waals surface area contributed by atoms with Gasteiger partial charge >= 0.3 is 5.97 Å². The average Bonchev–Trinajstić information content (AvgIpc) is 2.58. The summed E-state index contributed by atoms with van der Waals surface area (Å²) in [5.74, 6) is -1.74. The van der Waals surface area contributed by atoms with Crippen molar-refractivity contribution in [2.24, 2.45) is 0 Å².